The standard InChI is InChI=1S/C16H25N7/c1-21-6-8-22(9-7-21)12-2-4-13(5-3-12)23-16-14(10-20-23)15(17)18-11-19-16/h10-13H,2-9H2,1H3,(H2,17,18,19). The SMILES string of the molecule is CN1CCN(C2CCC(n3ncc4c(N)ncnc43)CC2)CC1. The van der Waals surface area contributed by atoms with E-state index in [0.29, 0.717) is 11.9 Å². The zero-order valence-corrected chi connectivity index (χ0v) is 13.7. The fourth-order valence-electron chi connectivity index (χ4n) is 4.00. The number of hydrogen-bond acceptors (Lipinski definition) is 6. The molecule has 1 aliphatic carbocycles. The van der Waals surface area contributed by atoms with Gasteiger partial charge in [-0.15, -0.1) is 0 Å². The van der Waals surface area contributed by atoms with Crippen molar-refractivity contribution >= 4 is 16.9 Å². The molecule has 0 radical (unpaired) electrons. The molecule has 2 aliphatic rings. The third-order valence-electron chi connectivity index (χ3n) is 5.49. The Hall–Kier alpha value is -1.73. The van der Waals surface area contributed by atoms with Crippen molar-refractivity contribution in [2.45, 2.75) is 37.8 Å². The molecule has 23 heavy (non-hydrogen) atoms. The summed E-state index contributed by atoms with van der Waals surface area (Å²) in [5, 5.41) is 5.41. The van der Waals surface area contributed by atoms with E-state index in [1.165, 1.54) is 45.3 Å². The summed E-state index contributed by atoms with van der Waals surface area (Å²) in [7, 11) is 2.21. The molecule has 7 heteroatoms. The first-order valence-electron chi connectivity index (χ1n) is 8.58. The Labute approximate surface area is 136 Å². The second kappa shape index (κ2) is 6.05. The van der Waals surface area contributed by atoms with Gasteiger partial charge in [0, 0.05) is 32.2 Å². The van der Waals surface area contributed by atoms with Crippen LogP contribution in [-0.2, 0) is 0 Å². The molecule has 2 aromatic heterocycles. The molecule has 0 amide bonds. The van der Waals surface area contributed by atoms with Crippen molar-refractivity contribution in [3.05, 3.63) is 12.5 Å². The number of nitrogens with zero attached hydrogens (tertiary/aromatic N) is 6. The molecule has 0 spiro atoms. The predicted molar refractivity (Wildman–Crippen MR) is 90.1 cm³/mol. The van der Waals surface area contributed by atoms with Gasteiger partial charge >= 0.3 is 0 Å². The molecule has 2 fully saturated rings. The van der Waals surface area contributed by atoms with E-state index in [0.717, 1.165) is 29.9 Å². The molecule has 124 valence electrons. The van der Waals surface area contributed by atoms with Crippen molar-refractivity contribution in [2.75, 3.05) is 39.0 Å². The summed E-state index contributed by atoms with van der Waals surface area (Å²) >= 11 is 0. The zero-order valence-electron chi connectivity index (χ0n) is 13.7. The Bertz CT molecular complexity index is 666. The minimum Gasteiger partial charge on any atom is -0.383 e. The monoisotopic (exact) mass is 315 g/mol. The number of hydrogen-bond donors (Lipinski definition) is 1. The van der Waals surface area contributed by atoms with Crippen molar-refractivity contribution in [3.63, 3.8) is 0 Å². The van der Waals surface area contributed by atoms with Crippen molar-refractivity contribution in [1.29, 1.82) is 0 Å². The Morgan fingerprint density at radius 2 is 1.70 bits per heavy atom. The molecule has 4 rings (SSSR count). The topological polar surface area (TPSA) is 76.1 Å². The maximum atomic E-state index is 5.91. The second-order valence-electron chi connectivity index (χ2n) is 6.89. The lowest BCUT2D eigenvalue weighted by atomic mass is 9.90. The average molecular weight is 315 g/mol. The molecule has 1 aliphatic heterocycles. The smallest absolute Gasteiger partial charge is 0.163 e. The van der Waals surface area contributed by atoms with Gasteiger partial charge in [0.15, 0.2) is 5.65 Å². The van der Waals surface area contributed by atoms with Gasteiger partial charge in [-0.1, -0.05) is 0 Å². The number of nitrogens with two attached hydrogens (primary N) is 1. The minimum atomic E-state index is 0.436. The first-order valence-corrected chi connectivity index (χ1v) is 8.58. The molecule has 3 heterocycles. The van der Waals surface area contributed by atoms with Crippen LogP contribution < -0.4 is 5.73 Å². The number of piperazine rings is 1. The van der Waals surface area contributed by atoms with Gasteiger partial charge in [0.05, 0.1) is 17.6 Å². The van der Waals surface area contributed by atoms with Crippen LogP contribution in [0.25, 0.3) is 11.0 Å². The van der Waals surface area contributed by atoms with Crippen LogP contribution in [0.4, 0.5) is 5.82 Å². The molecule has 1 saturated heterocycles. The summed E-state index contributed by atoms with van der Waals surface area (Å²) < 4.78 is 2.06. The first kappa shape index (κ1) is 14.8. The Morgan fingerprint density at radius 3 is 2.43 bits per heavy atom. The Kier molecular flexibility index (Phi) is 3.90. The van der Waals surface area contributed by atoms with Crippen molar-refractivity contribution in [1.82, 2.24) is 29.5 Å². The number of nitrogen functional groups attached to an aromatic ring is 1. The largest absolute Gasteiger partial charge is 0.383 e. The fraction of sp³-hybridized carbons (Fsp3) is 0.688. The van der Waals surface area contributed by atoms with E-state index >= 15 is 0 Å². The summed E-state index contributed by atoms with van der Waals surface area (Å²) in [4.78, 5) is 13.5. The van der Waals surface area contributed by atoms with Crippen LogP contribution in [0.15, 0.2) is 12.5 Å². The molecule has 7 nitrogen and oxygen atoms in total. The average Bonchev–Trinajstić information content (AvgIpc) is 3.01. The van der Waals surface area contributed by atoms with E-state index in [-0.39, 0.29) is 0 Å². The summed E-state index contributed by atoms with van der Waals surface area (Å²) in [6.07, 6.45) is 8.16. The maximum absolute atomic E-state index is 5.91. The van der Waals surface area contributed by atoms with E-state index < -0.39 is 0 Å². The lowest BCUT2D eigenvalue weighted by Crippen LogP contribution is -2.49. The lowest BCUT2D eigenvalue weighted by molar-refractivity contribution is 0.0815. The number of fused-ring (bicyclic) bond motifs is 1. The molecule has 0 bridgehead atoms. The third-order valence-corrected chi connectivity index (χ3v) is 5.49. The summed E-state index contributed by atoms with van der Waals surface area (Å²) in [5.41, 5.74) is 6.79. The highest BCUT2D eigenvalue weighted by Gasteiger charge is 2.29. The van der Waals surface area contributed by atoms with Crippen molar-refractivity contribution in [2.24, 2.45) is 0 Å². The molecule has 2 N–H and O–H groups in total. The Morgan fingerprint density at radius 1 is 1.00 bits per heavy atom. The van der Waals surface area contributed by atoms with Crippen LogP contribution in [0.1, 0.15) is 31.7 Å². The number of aromatic nitrogens is 4. The summed E-state index contributed by atoms with van der Waals surface area (Å²) in [6, 6.07) is 1.17. The molecule has 0 atom stereocenters. The van der Waals surface area contributed by atoms with Gasteiger partial charge in [-0.05, 0) is 32.7 Å². The summed E-state index contributed by atoms with van der Waals surface area (Å²) in [5.74, 6) is 0.521. The van der Waals surface area contributed by atoms with Crippen LogP contribution in [-0.4, -0.2) is 68.8 Å². The van der Waals surface area contributed by atoms with Crippen LogP contribution in [0.3, 0.4) is 0 Å². The van der Waals surface area contributed by atoms with Crippen LogP contribution in [0.2, 0.25) is 0 Å². The second-order valence-corrected chi connectivity index (χ2v) is 6.89. The normalized spacial score (nSPS) is 27.5. The highest BCUT2D eigenvalue weighted by Crippen LogP contribution is 2.33. The van der Waals surface area contributed by atoms with E-state index in [9.17, 15) is 0 Å². The first-order chi connectivity index (χ1) is 11.2. The predicted octanol–water partition coefficient (Wildman–Crippen LogP) is 1.14. The number of likely N-dealkylation sites (N-methyl/N-ethyl adjacent to an activating group) is 1. The molecule has 0 unspecified atom stereocenters. The van der Waals surface area contributed by atoms with Crippen LogP contribution >= 0.6 is 0 Å². The van der Waals surface area contributed by atoms with E-state index in [1.807, 2.05) is 0 Å². The van der Waals surface area contributed by atoms with Gasteiger partial charge in [-0.25, -0.2) is 14.6 Å². The third kappa shape index (κ3) is 2.79. The number of rotatable bonds is 2. The lowest BCUT2D eigenvalue weighted by Gasteiger charge is -2.41. The van der Waals surface area contributed by atoms with Gasteiger partial charge in [0.25, 0.3) is 0 Å². The van der Waals surface area contributed by atoms with Gasteiger partial charge in [0.1, 0.15) is 12.1 Å². The van der Waals surface area contributed by atoms with Gasteiger partial charge in [-0.3, -0.25) is 4.90 Å². The molecular weight excluding hydrogens is 290 g/mol. The maximum Gasteiger partial charge on any atom is 0.163 e. The zero-order chi connectivity index (χ0) is 15.8. The highest BCUT2D eigenvalue weighted by atomic mass is 15.3. The quantitative estimate of drug-likeness (QED) is 0.895. The summed E-state index contributed by atoms with van der Waals surface area (Å²) in [6.45, 7) is 4.81. The molecule has 0 aromatic carbocycles. The van der Waals surface area contributed by atoms with Crippen molar-refractivity contribution in [3.8, 4) is 0 Å². The minimum absolute atomic E-state index is 0.436. The van der Waals surface area contributed by atoms with E-state index in [4.69, 9.17) is 5.73 Å². The fourth-order valence-corrected chi connectivity index (χ4v) is 4.00. The van der Waals surface area contributed by atoms with E-state index in [1.54, 1.807) is 6.20 Å². The van der Waals surface area contributed by atoms with Crippen LogP contribution in [0.5, 0.6) is 0 Å². The van der Waals surface area contributed by atoms with Crippen molar-refractivity contribution < 1.29 is 0 Å². The number of anilines is 1. The van der Waals surface area contributed by atoms with Gasteiger partial charge < -0.3 is 10.6 Å². The van der Waals surface area contributed by atoms with Crippen LogP contribution in [0, 0.1) is 0 Å². The highest BCUT2D eigenvalue weighted by molar-refractivity contribution is 5.84. The Balaban J connectivity index is 1.44. The molecule has 1 saturated carbocycles. The molecule has 2 aromatic rings. The molecular formula is C16H25N7. The van der Waals surface area contributed by atoms with Gasteiger partial charge in [0.2, 0.25) is 0 Å². The van der Waals surface area contributed by atoms with E-state index in [2.05, 4.69) is 36.6 Å². The van der Waals surface area contributed by atoms with Gasteiger partial charge in [-0.2, -0.15) is 5.10 Å².